The number of hydrogen-bond acceptors (Lipinski definition) is 4. The molecule has 0 spiro atoms. The lowest BCUT2D eigenvalue weighted by molar-refractivity contribution is -0.140. The second-order valence-corrected chi connectivity index (χ2v) is 8.20. The Bertz CT molecular complexity index is 563. The van der Waals surface area contributed by atoms with Crippen molar-refractivity contribution in [3.8, 4) is 0 Å². The molecule has 4 nitrogen and oxygen atoms in total. The summed E-state index contributed by atoms with van der Waals surface area (Å²) in [6, 6.07) is 0. The summed E-state index contributed by atoms with van der Waals surface area (Å²) in [7, 11) is 1.40. The van der Waals surface area contributed by atoms with Crippen molar-refractivity contribution in [3.05, 3.63) is 37.0 Å². The Balaban J connectivity index is 2.45. The van der Waals surface area contributed by atoms with Gasteiger partial charge in [-0.25, -0.2) is 0 Å². The number of hydrogen-bond donors (Lipinski definition) is 1. The highest BCUT2D eigenvalue weighted by Crippen LogP contribution is 2.33. The summed E-state index contributed by atoms with van der Waals surface area (Å²) in [5.41, 5.74) is -0.845. The van der Waals surface area contributed by atoms with Crippen LogP contribution in [0.3, 0.4) is 0 Å². The molecule has 1 unspecified atom stereocenters. The number of carbonyl (C=O) groups is 2. The zero-order valence-electron chi connectivity index (χ0n) is 18.4. The Hall–Kier alpha value is -1.68. The molecule has 0 radical (unpaired) electrons. The average Bonchev–Trinajstić information content (AvgIpc) is 3.07. The Labute approximate surface area is 177 Å². The fourth-order valence-corrected chi connectivity index (χ4v) is 3.89. The second kappa shape index (κ2) is 14.3. The van der Waals surface area contributed by atoms with Crippen LogP contribution in [0.4, 0.5) is 0 Å². The third kappa shape index (κ3) is 10.1. The normalized spacial score (nSPS) is 21.7. The number of allylic oxidation sites excluding steroid dienone is 3. The van der Waals surface area contributed by atoms with E-state index in [9.17, 15) is 14.7 Å². The quantitative estimate of drug-likeness (QED) is 0.216. The SMILES string of the molecule is C=CC(O)(C/C=C/[C@H]1CCC(=O)[C@@H]1C/C=C\CCCC(=O)OC)CCCCCC. The van der Waals surface area contributed by atoms with Gasteiger partial charge in [-0.15, -0.1) is 6.58 Å². The summed E-state index contributed by atoms with van der Waals surface area (Å²) in [5, 5.41) is 10.7. The molecule has 0 heterocycles. The molecule has 3 atom stereocenters. The largest absolute Gasteiger partial charge is 0.469 e. The second-order valence-electron chi connectivity index (χ2n) is 8.20. The number of ether oxygens (including phenoxy) is 1. The van der Waals surface area contributed by atoms with Crippen molar-refractivity contribution in [2.45, 2.75) is 89.6 Å². The van der Waals surface area contributed by atoms with Gasteiger partial charge < -0.3 is 9.84 Å². The van der Waals surface area contributed by atoms with E-state index in [4.69, 9.17) is 0 Å². The molecule has 0 bridgehead atoms. The topological polar surface area (TPSA) is 63.6 Å². The molecule has 164 valence electrons. The van der Waals surface area contributed by atoms with E-state index in [0.29, 0.717) is 25.0 Å². The summed E-state index contributed by atoms with van der Waals surface area (Å²) < 4.78 is 4.63. The van der Waals surface area contributed by atoms with Crippen LogP contribution in [0, 0.1) is 11.8 Å². The first kappa shape index (κ1) is 25.4. The first-order valence-corrected chi connectivity index (χ1v) is 11.2. The zero-order valence-corrected chi connectivity index (χ0v) is 18.4. The maximum atomic E-state index is 12.3. The molecule has 4 heteroatoms. The minimum atomic E-state index is -0.845. The average molecular weight is 405 g/mol. The zero-order chi connectivity index (χ0) is 21.5. The van der Waals surface area contributed by atoms with Crippen molar-refractivity contribution in [2.24, 2.45) is 11.8 Å². The standard InChI is InChI=1S/C25H40O4/c1-4-6-7-12-19-25(28,5-2)20-13-14-21-17-18-23(26)22(21)15-10-8-9-11-16-24(27)29-3/h5,8,10,13-14,21-22,28H,2,4,6-7,9,11-12,15-20H2,1,3H3/b10-8-,14-13+/t21-,22+,25?/m0/s1. The lowest BCUT2D eigenvalue weighted by Gasteiger charge is -2.23. The first-order chi connectivity index (χ1) is 14.0. The number of unbranched alkanes of at least 4 members (excludes halogenated alkanes) is 4. The highest BCUT2D eigenvalue weighted by Gasteiger charge is 2.32. The van der Waals surface area contributed by atoms with Gasteiger partial charge in [0.05, 0.1) is 12.7 Å². The third-order valence-corrected chi connectivity index (χ3v) is 5.89. The van der Waals surface area contributed by atoms with E-state index >= 15 is 0 Å². The molecule has 1 saturated carbocycles. The predicted molar refractivity (Wildman–Crippen MR) is 119 cm³/mol. The summed E-state index contributed by atoms with van der Waals surface area (Å²) in [5.74, 6) is 0.428. The van der Waals surface area contributed by atoms with Gasteiger partial charge in [-0.1, -0.05) is 63.0 Å². The molecular weight excluding hydrogens is 364 g/mol. The van der Waals surface area contributed by atoms with Crippen molar-refractivity contribution >= 4 is 11.8 Å². The van der Waals surface area contributed by atoms with Crippen LogP contribution >= 0.6 is 0 Å². The van der Waals surface area contributed by atoms with Gasteiger partial charge in [0.2, 0.25) is 0 Å². The van der Waals surface area contributed by atoms with Crippen LogP contribution in [0.1, 0.15) is 84.0 Å². The molecule has 0 saturated heterocycles. The molecule has 1 fully saturated rings. The Morgan fingerprint density at radius 2 is 2.03 bits per heavy atom. The van der Waals surface area contributed by atoms with E-state index in [1.165, 1.54) is 20.0 Å². The minimum Gasteiger partial charge on any atom is -0.469 e. The molecule has 1 aliphatic carbocycles. The minimum absolute atomic E-state index is 0.0319. The number of esters is 1. The lowest BCUT2D eigenvalue weighted by atomic mass is 9.89. The number of ketones is 1. The van der Waals surface area contributed by atoms with E-state index in [1.54, 1.807) is 6.08 Å². The fraction of sp³-hybridized carbons (Fsp3) is 0.680. The maximum Gasteiger partial charge on any atom is 0.305 e. The van der Waals surface area contributed by atoms with Crippen molar-refractivity contribution < 1.29 is 19.4 Å². The summed E-state index contributed by atoms with van der Waals surface area (Å²) in [4.78, 5) is 23.4. The van der Waals surface area contributed by atoms with Crippen molar-refractivity contribution in [1.29, 1.82) is 0 Å². The summed E-state index contributed by atoms with van der Waals surface area (Å²) in [6.07, 6.45) is 20.1. The molecule has 1 rings (SSSR count). The van der Waals surface area contributed by atoms with E-state index in [2.05, 4.69) is 36.5 Å². The molecule has 0 aromatic carbocycles. The smallest absolute Gasteiger partial charge is 0.305 e. The van der Waals surface area contributed by atoms with E-state index in [-0.39, 0.29) is 17.8 Å². The van der Waals surface area contributed by atoms with Gasteiger partial charge in [-0.3, -0.25) is 9.59 Å². The van der Waals surface area contributed by atoms with Gasteiger partial charge in [0, 0.05) is 18.8 Å². The summed E-state index contributed by atoms with van der Waals surface area (Å²) >= 11 is 0. The lowest BCUT2D eigenvalue weighted by Crippen LogP contribution is -2.24. The third-order valence-electron chi connectivity index (χ3n) is 5.89. The van der Waals surface area contributed by atoms with Gasteiger partial charge in [0.25, 0.3) is 0 Å². The number of carbonyl (C=O) groups excluding carboxylic acids is 2. The highest BCUT2D eigenvalue weighted by atomic mass is 16.5. The molecular formula is C25H40O4. The first-order valence-electron chi connectivity index (χ1n) is 11.2. The van der Waals surface area contributed by atoms with Crippen LogP contribution in [-0.4, -0.2) is 29.6 Å². The van der Waals surface area contributed by atoms with Gasteiger partial charge in [0.1, 0.15) is 5.78 Å². The van der Waals surface area contributed by atoms with Crippen LogP contribution < -0.4 is 0 Å². The molecule has 0 amide bonds. The van der Waals surface area contributed by atoms with Crippen LogP contribution in [0.5, 0.6) is 0 Å². The Morgan fingerprint density at radius 1 is 1.24 bits per heavy atom. The number of methoxy groups -OCH3 is 1. The number of aliphatic hydroxyl groups is 1. The number of Topliss-reactive ketones (excluding diaryl/α,β-unsaturated/α-hetero) is 1. The molecule has 0 aromatic heterocycles. The molecule has 1 aliphatic rings. The highest BCUT2D eigenvalue weighted by molar-refractivity contribution is 5.83. The Kier molecular flexibility index (Phi) is 12.5. The van der Waals surface area contributed by atoms with Gasteiger partial charge >= 0.3 is 5.97 Å². The van der Waals surface area contributed by atoms with Gasteiger partial charge in [-0.05, 0) is 44.4 Å². The van der Waals surface area contributed by atoms with Crippen LogP contribution in [0.2, 0.25) is 0 Å². The molecule has 29 heavy (non-hydrogen) atoms. The van der Waals surface area contributed by atoms with E-state index < -0.39 is 5.60 Å². The fourth-order valence-electron chi connectivity index (χ4n) is 3.89. The van der Waals surface area contributed by atoms with Crippen LogP contribution in [0.25, 0.3) is 0 Å². The molecule has 1 N–H and O–H groups in total. The summed E-state index contributed by atoms with van der Waals surface area (Å²) in [6.45, 7) is 5.99. The van der Waals surface area contributed by atoms with E-state index in [0.717, 1.165) is 44.9 Å². The van der Waals surface area contributed by atoms with Crippen LogP contribution in [-0.2, 0) is 14.3 Å². The number of rotatable bonds is 15. The van der Waals surface area contributed by atoms with Crippen molar-refractivity contribution in [2.75, 3.05) is 7.11 Å². The van der Waals surface area contributed by atoms with Gasteiger partial charge in [-0.2, -0.15) is 0 Å². The maximum absolute atomic E-state index is 12.3. The van der Waals surface area contributed by atoms with E-state index in [1.807, 2.05) is 6.08 Å². The van der Waals surface area contributed by atoms with Gasteiger partial charge in [0.15, 0.2) is 0 Å². The molecule has 0 aromatic rings. The predicted octanol–water partition coefficient (Wildman–Crippen LogP) is 5.71. The molecule has 0 aliphatic heterocycles. The monoisotopic (exact) mass is 404 g/mol. The van der Waals surface area contributed by atoms with Crippen molar-refractivity contribution in [1.82, 2.24) is 0 Å². The van der Waals surface area contributed by atoms with Crippen molar-refractivity contribution in [3.63, 3.8) is 0 Å². The Morgan fingerprint density at radius 3 is 2.72 bits per heavy atom. The van der Waals surface area contributed by atoms with Crippen LogP contribution in [0.15, 0.2) is 37.0 Å².